The molecule has 4 nitrogen and oxygen atoms in total. The van der Waals surface area contributed by atoms with Gasteiger partial charge in [0.05, 0.1) is 6.54 Å². The van der Waals surface area contributed by atoms with Crippen molar-refractivity contribution in [2.24, 2.45) is 10.8 Å². The van der Waals surface area contributed by atoms with Gasteiger partial charge in [-0.05, 0) is 6.72 Å². The van der Waals surface area contributed by atoms with Crippen molar-refractivity contribution >= 4 is 6.72 Å². The summed E-state index contributed by atoms with van der Waals surface area (Å²) >= 11 is 0. The van der Waals surface area contributed by atoms with E-state index in [1.807, 2.05) is 0 Å². The molecule has 3 unspecified atom stereocenters. The van der Waals surface area contributed by atoms with Gasteiger partial charge in [-0.25, -0.2) is 0 Å². The largest absolute Gasteiger partial charge is 0.301 e. The molecule has 0 amide bonds. The topological polar surface area (TPSA) is 44.4 Å². The lowest BCUT2D eigenvalue weighted by Crippen LogP contribution is -2.28. The Hall–Kier alpha value is -0.450. The maximum atomic E-state index is 5.49. The van der Waals surface area contributed by atoms with E-state index in [0.29, 0.717) is 0 Å². The smallest absolute Gasteiger partial charge is 0.133 e. The fourth-order valence-corrected chi connectivity index (χ4v) is 1.21. The first-order valence-electron chi connectivity index (χ1n) is 3.06. The van der Waals surface area contributed by atoms with Crippen molar-refractivity contribution in [3.63, 3.8) is 0 Å². The van der Waals surface area contributed by atoms with E-state index in [4.69, 9.17) is 5.84 Å². The van der Waals surface area contributed by atoms with Crippen LogP contribution >= 0.6 is 0 Å². The normalized spacial score (nSPS) is 52.1. The van der Waals surface area contributed by atoms with Crippen molar-refractivity contribution < 1.29 is 0 Å². The standard InChI is InChI=1S/C5H10N4/c1-7-3-2-5-4-8(5)9(5)6/h1-4,6H2. The van der Waals surface area contributed by atoms with Crippen LogP contribution in [0.25, 0.3) is 0 Å². The fourth-order valence-electron chi connectivity index (χ4n) is 1.21. The summed E-state index contributed by atoms with van der Waals surface area (Å²) in [6, 6.07) is 0. The van der Waals surface area contributed by atoms with Crippen LogP contribution in [0.1, 0.15) is 6.42 Å². The molecule has 4 heteroatoms. The number of rotatable bonds is 3. The zero-order chi connectivity index (χ0) is 6.48. The molecule has 0 saturated carbocycles. The highest BCUT2D eigenvalue weighted by molar-refractivity contribution is 5.24. The van der Waals surface area contributed by atoms with Gasteiger partial charge in [0, 0.05) is 13.0 Å². The third kappa shape index (κ3) is 0.501. The minimum absolute atomic E-state index is 0.237. The molecule has 2 rings (SSSR count). The predicted molar refractivity (Wildman–Crippen MR) is 34.5 cm³/mol. The number of hydrazine groups is 2. The molecule has 2 N–H and O–H groups in total. The summed E-state index contributed by atoms with van der Waals surface area (Å²) in [5.74, 6) is 5.49. The van der Waals surface area contributed by atoms with Crippen molar-refractivity contribution in [3.8, 4) is 0 Å². The number of nitrogens with zero attached hydrogens (tertiary/aromatic N) is 3. The van der Waals surface area contributed by atoms with E-state index in [2.05, 4.69) is 16.7 Å². The second-order valence-electron chi connectivity index (χ2n) is 2.58. The highest BCUT2D eigenvalue weighted by Crippen LogP contribution is 2.53. The minimum Gasteiger partial charge on any atom is -0.301 e. The van der Waals surface area contributed by atoms with Gasteiger partial charge in [-0.2, -0.15) is 10.1 Å². The summed E-state index contributed by atoms with van der Waals surface area (Å²) in [7, 11) is 0. The second kappa shape index (κ2) is 1.34. The number of aliphatic imine (C=N–C) groups is 1. The Balaban J connectivity index is 1.82. The van der Waals surface area contributed by atoms with Crippen LogP contribution < -0.4 is 5.84 Å². The molecule has 0 radical (unpaired) electrons. The van der Waals surface area contributed by atoms with E-state index in [1.165, 1.54) is 0 Å². The zero-order valence-electron chi connectivity index (χ0n) is 5.25. The van der Waals surface area contributed by atoms with Crippen LogP contribution in [-0.4, -0.2) is 35.6 Å². The van der Waals surface area contributed by atoms with Gasteiger partial charge < -0.3 is 4.99 Å². The molecule has 2 heterocycles. The van der Waals surface area contributed by atoms with Crippen LogP contribution in [0, 0.1) is 0 Å². The van der Waals surface area contributed by atoms with Crippen LogP contribution in [0.4, 0.5) is 0 Å². The summed E-state index contributed by atoms with van der Waals surface area (Å²) in [4.78, 5) is 3.76. The van der Waals surface area contributed by atoms with Crippen molar-refractivity contribution in [1.82, 2.24) is 10.1 Å². The van der Waals surface area contributed by atoms with Gasteiger partial charge in [0.25, 0.3) is 0 Å². The summed E-state index contributed by atoms with van der Waals surface area (Å²) in [6.45, 7) is 5.35. The molecule has 0 aliphatic carbocycles. The third-order valence-corrected chi connectivity index (χ3v) is 2.10. The molecular weight excluding hydrogens is 116 g/mol. The van der Waals surface area contributed by atoms with Crippen LogP contribution in [0.3, 0.4) is 0 Å². The van der Waals surface area contributed by atoms with Gasteiger partial charge >= 0.3 is 0 Å². The molecule has 2 aliphatic rings. The number of hydrogen-bond donors (Lipinski definition) is 1. The summed E-state index contributed by atoms with van der Waals surface area (Å²) in [6.07, 6.45) is 1.03. The van der Waals surface area contributed by atoms with Crippen LogP contribution in [-0.2, 0) is 0 Å². The van der Waals surface area contributed by atoms with Gasteiger partial charge in [-0.15, -0.1) is 0 Å². The van der Waals surface area contributed by atoms with Gasteiger partial charge in [-0.1, -0.05) is 0 Å². The molecular formula is C5H10N4. The van der Waals surface area contributed by atoms with Gasteiger partial charge in [0.15, 0.2) is 0 Å². The second-order valence-corrected chi connectivity index (χ2v) is 2.58. The molecule has 50 valence electrons. The van der Waals surface area contributed by atoms with Gasteiger partial charge in [0.1, 0.15) is 5.66 Å². The number of fused-ring (bicyclic) bond motifs is 1. The van der Waals surface area contributed by atoms with E-state index in [9.17, 15) is 0 Å². The fraction of sp³-hybridized carbons (Fsp3) is 0.800. The van der Waals surface area contributed by atoms with Crippen molar-refractivity contribution in [2.45, 2.75) is 12.1 Å². The zero-order valence-corrected chi connectivity index (χ0v) is 5.25. The molecule has 2 fully saturated rings. The van der Waals surface area contributed by atoms with E-state index < -0.39 is 0 Å². The lowest BCUT2D eigenvalue weighted by molar-refractivity contribution is 0.274. The molecule has 0 aromatic carbocycles. The Kier molecular flexibility index (Phi) is 0.795. The molecule has 3 atom stereocenters. The molecule has 2 aliphatic heterocycles. The maximum Gasteiger partial charge on any atom is 0.133 e. The molecule has 0 aromatic rings. The summed E-state index contributed by atoms with van der Waals surface area (Å²) < 4.78 is 0. The quantitative estimate of drug-likeness (QED) is 0.306. The minimum atomic E-state index is 0.237. The van der Waals surface area contributed by atoms with Crippen molar-refractivity contribution in [2.75, 3.05) is 13.1 Å². The maximum absolute atomic E-state index is 5.49. The van der Waals surface area contributed by atoms with E-state index in [0.717, 1.165) is 19.5 Å². The highest BCUT2D eigenvalue weighted by Gasteiger charge is 2.75. The molecule has 0 bridgehead atoms. The van der Waals surface area contributed by atoms with Crippen molar-refractivity contribution in [3.05, 3.63) is 0 Å². The van der Waals surface area contributed by atoms with Crippen molar-refractivity contribution in [1.29, 1.82) is 0 Å². The number of hydrogen-bond acceptors (Lipinski definition) is 4. The van der Waals surface area contributed by atoms with Gasteiger partial charge in [0.2, 0.25) is 0 Å². The molecule has 0 aromatic heterocycles. The molecule has 0 spiro atoms. The molecule has 9 heavy (non-hydrogen) atoms. The SMILES string of the molecule is C=NCCC12CN1N2N. The third-order valence-electron chi connectivity index (χ3n) is 2.10. The Morgan fingerprint density at radius 3 is 2.78 bits per heavy atom. The van der Waals surface area contributed by atoms with Crippen LogP contribution in [0.2, 0.25) is 0 Å². The first kappa shape index (κ1) is 5.34. The first-order valence-corrected chi connectivity index (χ1v) is 3.06. The lowest BCUT2D eigenvalue weighted by atomic mass is 10.2. The summed E-state index contributed by atoms with van der Waals surface area (Å²) in [5, 5.41) is 3.87. The Bertz CT molecular complexity index is 151. The van der Waals surface area contributed by atoms with E-state index in [-0.39, 0.29) is 5.66 Å². The average Bonchev–Trinajstić information content (AvgIpc) is 2.70. The van der Waals surface area contributed by atoms with Gasteiger partial charge in [-0.3, -0.25) is 5.84 Å². The average molecular weight is 126 g/mol. The predicted octanol–water partition coefficient (Wildman–Crippen LogP) is -0.807. The Morgan fingerprint density at radius 2 is 2.44 bits per heavy atom. The van der Waals surface area contributed by atoms with Crippen LogP contribution in [0.5, 0.6) is 0 Å². The highest BCUT2D eigenvalue weighted by atomic mass is 16.1. The van der Waals surface area contributed by atoms with E-state index in [1.54, 1.807) is 5.12 Å². The molecule has 2 saturated heterocycles. The Morgan fingerprint density at radius 1 is 1.78 bits per heavy atom. The van der Waals surface area contributed by atoms with Crippen LogP contribution in [0.15, 0.2) is 4.99 Å². The Labute approximate surface area is 53.9 Å². The number of nitrogens with two attached hydrogens (primary N) is 1. The first-order chi connectivity index (χ1) is 4.31. The van der Waals surface area contributed by atoms with E-state index >= 15 is 0 Å². The summed E-state index contributed by atoms with van der Waals surface area (Å²) in [5.41, 5.74) is 0.237. The lowest BCUT2D eigenvalue weighted by Gasteiger charge is -2.01. The monoisotopic (exact) mass is 126 g/mol.